The van der Waals surface area contributed by atoms with E-state index < -0.39 is 0 Å². The van der Waals surface area contributed by atoms with Crippen molar-refractivity contribution in [1.29, 1.82) is 0 Å². The van der Waals surface area contributed by atoms with Gasteiger partial charge in [-0.3, -0.25) is 4.98 Å². The lowest BCUT2D eigenvalue weighted by Gasteiger charge is -2.35. The highest BCUT2D eigenvalue weighted by Crippen LogP contribution is 2.32. The first kappa shape index (κ1) is 13.1. The van der Waals surface area contributed by atoms with Gasteiger partial charge in [0, 0.05) is 18.8 Å². The summed E-state index contributed by atoms with van der Waals surface area (Å²) in [6, 6.07) is 2.11. The fourth-order valence-electron chi connectivity index (χ4n) is 2.69. The van der Waals surface area contributed by atoms with Crippen LogP contribution in [0.1, 0.15) is 25.0 Å². The largest absolute Gasteiger partial charge is 0.493 e. The molecule has 0 aliphatic carbocycles. The van der Waals surface area contributed by atoms with Crippen molar-refractivity contribution in [2.75, 3.05) is 31.6 Å². The Morgan fingerprint density at radius 2 is 2.39 bits per heavy atom. The molecule has 4 nitrogen and oxygen atoms in total. The number of methoxy groups -OCH3 is 1. The normalized spacial score (nSPS) is 19.9. The molecule has 0 aromatic carbocycles. The number of anilines is 1. The molecule has 1 aliphatic heterocycles. The molecule has 0 saturated carbocycles. The fourth-order valence-corrected chi connectivity index (χ4v) is 2.69. The van der Waals surface area contributed by atoms with Gasteiger partial charge < -0.3 is 15.4 Å². The molecule has 0 spiro atoms. The predicted molar refractivity (Wildman–Crippen MR) is 74.1 cm³/mol. The van der Waals surface area contributed by atoms with Crippen LogP contribution in [0.25, 0.3) is 0 Å². The lowest BCUT2D eigenvalue weighted by Crippen LogP contribution is -2.36. The van der Waals surface area contributed by atoms with Gasteiger partial charge in [0.25, 0.3) is 0 Å². The van der Waals surface area contributed by atoms with Gasteiger partial charge >= 0.3 is 0 Å². The van der Waals surface area contributed by atoms with Crippen molar-refractivity contribution in [1.82, 2.24) is 4.98 Å². The predicted octanol–water partition coefficient (Wildman–Crippen LogP) is 1.96. The second-order valence-corrected chi connectivity index (χ2v) is 5.03. The number of nitrogens with zero attached hydrogens (tertiary/aromatic N) is 2. The molecule has 2 heterocycles. The van der Waals surface area contributed by atoms with Crippen LogP contribution < -0.4 is 15.4 Å². The van der Waals surface area contributed by atoms with E-state index in [0.29, 0.717) is 5.92 Å². The van der Waals surface area contributed by atoms with Crippen LogP contribution in [0, 0.1) is 12.8 Å². The van der Waals surface area contributed by atoms with Crippen molar-refractivity contribution in [3.8, 4) is 5.75 Å². The molecule has 0 amide bonds. The Bertz CT molecular complexity index is 393. The van der Waals surface area contributed by atoms with E-state index in [1.165, 1.54) is 18.5 Å². The number of ether oxygens (including phenoxy) is 1. The van der Waals surface area contributed by atoms with Gasteiger partial charge in [-0.05, 0) is 44.7 Å². The van der Waals surface area contributed by atoms with Gasteiger partial charge in [0.1, 0.15) is 0 Å². The van der Waals surface area contributed by atoms with E-state index >= 15 is 0 Å². The second kappa shape index (κ2) is 6.05. The molecule has 0 radical (unpaired) electrons. The van der Waals surface area contributed by atoms with E-state index in [-0.39, 0.29) is 0 Å². The van der Waals surface area contributed by atoms with Crippen molar-refractivity contribution in [3.63, 3.8) is 0 Å². The summed E-state index contributed by atoms with van der Waals surface area (Å²) in [5.41, 5.74) is 7.88. The first-order valence-electron chi connectivity index (χ1n) is 6.70. The maximum absolute atomic E-state index is 5.67. The van der Waals surface area contributed by atoms with Crippen molar-refractivity contribution >= 4 is 5.69 Å². The van der Waals surface area contributed by atoms with Crippen LogP contribution in [0.2, 0.25) is 0 Å². The highest BCUT2D eigenvalue weighted by atomic mass is 16.5. The average molecular weight is 249 g/mol. The van der Waals surface area contributed by atoms with E-state index in [1.54, 1.807) is 7.11 Å². The minimum Gasteiger partial charge on any atom is -0.493 e. The third-order valence-electron chi connectivity index (χ3n) is 3.64. The zero-order valence-electron chi connectivity index (χ0n) is 11.4. The zero-order valence-corrected chi connectivity index (χ0v) is 11.4. The Morgan fingerprint density at radius 1 is 1.56 bits per heavy atom. The van der Waals surface area contributed by atoms with Crippen LogP contribution in [0.5, 0.6) is 5.75 Å². The minimum atomic E-state index is 0.710. The third kappa shape index (κ3) is 2.93. The molecule has 4 heteroatoms. The zero-order chi connectivity index (χ0) is 13.0. The summed E-state index contributed by atoms with van der Waals surface area (Å²) in [5.74, 6) is 1.58. The summed E-state index contributed by atoms with van der Waals surface area (Å²) in [6.07, 6.45) is 5.45. The van der Waals surface area contributed by atoms with Crippen LogP contribution in [-0.4, -0.2) is 31.7 Å². The Hall–Kier alpha value is -1.29. The molecule has 1 unspecified atom stereocenters. The number of aryl methyl sites for hydroxylation is 1. The number of pyridine rings is 1. The summed E-state index contributed by atoms with van der Waals surface area (Å²) < 4.78 is 5.42. The van der Waals surface area contributed by atoms with Gasteiger partial charge in [-0.25, -0.2) is 0 Å². The first-order chi connectivity index (χ1) is 8.74. The smallest absolute Gasteiger partial charge is 0.160 e. The highest BCUT2D eigenvalue weighted by Gasteiger charge is 2.21. The fraction of sp³-hybridized carbons (Fsp3) is 0.643. The van der Waals surface area contributed by atoms with Gasteiger partial charge in [0.15, 0.2) is 5.75 Å². The molecule has 2 N–H and O–H groups in total. The quantitative estimate of drug-likeness (QED) is 0.886. The molecule has 1 aromatic rings. The van der Waals surface area contributed by atoms with Crippen LogP contribution in [0.4, 0.5) is 5.69 Å². The number of nitrogens with two attached hydrogens (primary N) is 1. The van der Waals surface area contributed by atoms with E-state index in [2.05, 4.69) is 16.0 Å². The van der Waals surface area contributed by atoms with Crippen LogP contribution in [0.15, 0.2) is 12.3 Å². The number of hydrogen-bond acceptors (Lipinski definition) is 4. The van der Waals surface area contributed by atoms with Crippen molar-refractivity contribution in [3.05, 3.63) is 18.0 Å². The molecule has 1 aromatic heterocycles. The number of rotatable bonds is 4. The van der Waals surface area contributed by atoms with Gasteiger partial charge in [-0.1, -0.05) is 0 Å². The standard InChI is InChI=1S/C14H23N3O/c1-11-8-13(14(18-2)9-16-11)17-7-3-4-12(10-17)5-6-15/h8-9,12H,3-7,10,15H2,1-2H3. The summed E-state index contributed by atoms with van der Waals surface area (Å²) in [4.78, 5) is 6.70. The molecule has 2 rings (SSSR count). The van der Waals surface area contributed by atoms with Crippen molar-refractivity contribution in [2.24, 2.45) is 11.7 Å². The van der Waals surface area contributed by atoms with Crippen molar-refractivity contribution in [2.45, 2.75) is 26.2 Å². The molecule has 18 heavy (non-hydrogen) atoms. The van der Waals surface area contributed by atoms with Gasteiger partial charge in [-0.15, -0.1) is 0 Å². The van der Waals surface area contributed by atoms with E-state index in [4.69, 9.17) is 10.5 Å². The van der Waals surface area contributed by atoms with Gasteiger partial charge in [0.05, 0.1) is 19.0 Å². The van der Waals surface area contributed by atoms with Gasteiger partial charge in [-0.2, -0.15) is 0 Å². The summed E-state index contributed by atoms with van der Waals surface area (Å²) >= 11 is 0. The molecule has 1 atom stereocenters. The monoisotopic (exact) mass is 249 g/mol. The SMILES string of the molecule is COc1cnc(C)cc1N1CCCC(CCN)C1. The number of aromatic nitrogens is 1. The summed E-state index contributed by atoms with van der Waals surface area (Å²) in [5, 5.41) is 0. The van der Waals surface area contributed by atoms with Crippen LogP contribution in [-0.2, 0) is 0 Å². The molecule has 1 aliphatic rings. The number of piperidine rings is 1. The van der Waals surface area contributed by atoms with E-state index in [1.807, 2.05) is 13.1 Å². The summed E-state index contributed by atoms with van der Waals surface area (Å²) in [7, 11) is 1.71. The minimum absolute atomic E-state index is 0.710. The maximum atomic E-state index is 5.67. The van der Waals surface area contributed by atoms with Gasteiger partial charge in [0.2, 0.25) is 0 Å². The molecular weight excluding hydrogens is 226 g/mol. The van der Waals surface area contributed by atoms with Crippen LogP contribution >= 0.6 is 0 Å². The van der Waals surface area contributed by atoms with E-state index in [0.717, 1.165) is 37.5 Å². The summed E-state index contributed by atoms with van der Waals surface area (Å²) in [6.45, 7) is 4.98. The van der Waals surface area contributed by atoms with E-state index in [9.17, 15) is 0 Å². The first-order valence-corrected chi connectivity index (χ1v) is 6.70. The highest BCUT2D eigenvalue weighted by molar-refractivity contribution is 5.58. The Morgan fingerprint density at radius 3 is 3.11 bits per heavy atom. The molecule has 1 saturated heterocycles. The van der Waals surface area contributed by atoms with Crippen molar-refractivity contribution < 1.29 is 4.74 Å². The maximum Gasteiger partial charge on any atom is 0.160 e. The Balaban J connectivity index is 2.17. The molecule has 0 bridgehead atoms. The molecule has 100 valence electrons. The lowest BCUT2D eigenvalue weighted by atomic mass is 9.94. The van der Waals surface area contributed by atoms with Crippen LogP contribution in [0.3, 0.4) is 0 Å². The lowest BCUT2D eigenvalue weighted by molar-refractivity contribution is 0.383. The Labute approximate surface area is 109 Å². The molecular formula is C14H23N3O. The molecule has 1 fully saturated rings. The topological polar surface area (TPSA) is 51.4 Å². The number of hydrogen-bond donors (Lipinski definition) is 1. The Kier molecular flexibility index (Phi) is 4.42. The third-order valence-corrected chi connectivity index (χ3v) is 3.64. The average Bonchev–Trinajstić information content (AvgIpc) is 2.39. The second-order valence-electron chi connectivity index (χ2n) is 5.03.